The van der Waals surface area contributed by atoms with Gasteiger partial charge in [0.25, 0.3) is 5.91 Å². The molecule has 1 aromatic carbocycles. The summed E-state index contributed by atoms with van der Waals surface area (Å²) in [5.41, 5.74) is 5.54. The second kappa shape index (κ2) is 6.42. The lowest BCUT2D eigenvalue weighted by Gasteiger charge is -2.23. The Morgan fingerprint density at radius 1 is 1.38 bits per heavy atom. The molecule has 8 heteroatoms. The van der Waals surface area contributed by atoms with Crippen LogP contribution in [0.5, 0.6) is 0 Å². The Hall–Kier alpha value is -3.34. The van der Waals surface area contributed by atoms with Crippen molar-refractivity contribution in [3.05, 3.63) is 47.2 Å². The zero-order valence-corrected chi connectivity index (χ0v) is 13.2. The summed E-state index contributed by atoms with van der Waals surface area (Å²) in [6.45, 7) is 3.12. The quantitative estimate of drug-likeness (QED) is 0.787. The van der Waals surface area contributed by atoms with E-state index in [1.165, 1.54) is 6.92 Å². The van der Waals surface area contributed by atoms with Crippen LogP contribution in [0.2, 0.25) is 0 Å². The van der Waals surface area contributed by atoms with Crippen LogP contribution in [0.25, 0.3) is 0 Å². The largest absolute Gasteiger partial charge is 0.463 e. The van der Waals surface area contributed by atoms with Gasteiger partial charge in [-0.2, -0.15) is 5.26 Å². The first-order valence-corrected chi connectivity index (χ1v) is 7.16. The zero-order chi connectivity index (χ0) is 17.9. The molecular weight excluding hydrogens is 312 g/mol. The van der Waals surface area contributed by atoms with Crippen molar-refractivity contribution in [2.24, 2.45) is 5.73 Å². The number of nitrogens with zero attached hydrogens (tertiary/aromatic N) is 2. The van der Waals surface area contributed by atoms with E-state index in [0.29, 0.717) is 5.56 Å². The van der Waals surface area contributed by atoms with E-state index in [2.05, 4.69) is 5.43 Å². The molecule has 1 aliphatic heterocycles. The van der Waals surface area contributed by atoms with E-state index in [4.69, 9.17) is 10.5 Å². The minimum absolute atomic E-state index is 0.0728. The molecule has 1 heterocycles. The van der Waals surface area contributed by atoms with Crippen molar-refractivity contribution in [3.8, 4) is 6.07 Å². The number of amides is 3. The third kappa shape index (κ3) is 2.46. The van der Waals surface area contributed by atoms with Gasteiger partial charge in [-0.05, 0) is 19.4 Å². The Kier molecular flexibility index (Phi) is 4.55. The highest BCUT2D eigenvalue weighted by Crippen LogP contribution is 2.42. The van der Waals surface area contributed by atoms with Gasteiger partial charge < -0.3 is 10.5 Å². The molecule has 3 amide bonds. The van der Waals surface area contributed by atoms with E-state index < -0.39 is 23.3 Å². The fourth-order valence-corrected chi connectivity index (χ4v) is 2.68. The predicted molar refractivity (Wildman–Crippen MR) is 82.6 cm³/mol. The SMILES string of the molecule is CCOC(=O)C1=C(C)N(NC(N)=O)C(=O)C1(C#N)c1ccccc1. The van der Waals surface area contributed by atoms with E-state index in [0.717, 1.165) is 5.01 Å². The summed E-state index contributed by atoms with van der Waals surface area (Å²) in [6, 6.07) is 9.05. The number of primary amides is 1. The van der Waals surface area contributed by atoms with Crippen LogP contribution in [0.3, 0.4) is 0 Å². The number of nitrogens with one attached hydrogen (secondary N) is 1. The molecule has 0 bridgehead atoms. The van der Waals surface area contributed by atoms with Crippen molar-refractivity contribution in [1.82, 2.24) is 10.4 Å². The number of nitrogens with two attached hydrogens (primary N) is 1. The molecule has 8 nitrogen and oxygen atoms in total. The van der Waals surface area contributed by atoms with Crippen LogP contribution in [0.4, 0.5) is 4.79 Å². The number of hydrogen-bond acceptors (Lipinski definition) is 5. The van der Waals surface area contributed by atoms with Gasteiger partial charge in [0.05, 0.1) is 23.9 Å². The molecular formula is C16H16N4O4. The number of hydrogen-bond donors (Lipinski definition) is 2. The first-order valence-electron chi connectivity index (χ1n) is 7.16. The first kappa shape index (κ1) is 17.0. The van der Waals surface area contributed by atoms with Gasteiger partial charge in [-0.3, -0.25) is 4.79 Å². The van der Waals surface area contributed by atoms with Crippen molar-refractivity contribution in [1.29, 1.82) is 5.26 Å². The number of benzene rings is 1. The maximum Gasteiger partial charge on any atom is 0.338 e. The summed E-state index contributed by atoms with van der Waals surface area (Å²) < 4.78 is 5.01. The number of hydrazine groups is 1. The molecule has 124 valence electrons. The van der Waals surface area contributed by atoms with Gasteiger partial charge in [-0.1, -0.05) is 30.3 Å². The highest BCUT2D eigenvalue weighted by Gasteiger charge is 2.57. The summed E-state index contributed by atoms with van der Waals surface area (Å²) in [7, 11) is 0. The number of carbonyl (C=O) groups excluding carboxylic acids is 3. The zero-order valence-electron chi connectivity index (χ0n) is 13.2. The van der Waals surface area contributed by atoms with Crippen LogP contribution in [0.1, 0.15) is 19.4 Å². The molecule has 1 aromatic rings. The van der Waals surface area contributed by atoms with Gasteiger partial charge in [0.15, 0.2) is 5.41 Å². The Labute approximate surface area is 138 Å². The third-order valence-electron chi connectivity index (χ3n) is 3.67. The second-order valence-electron chi connectivity index (χ2n) is 5.03. The maximum absolute atomic E-state index is 12.9. The summed E-state index contributed by atoms with van der Waals surface area (Å²) in [5.74, 6) is -1.60. The minimum Gasteiger partial charge on any atom is -0.463 e. The number of rotatable bonds is 4. The lowest BCUT2D eigenvalue weighted by molar-refractivity contribution is -0.140. The van der Waals surface area contributed by atoms with E-state index in [1.807, 2.05) is 6.07 Å². The molecule has 1 atom stereocenters. The van der Waals surface area contributed by atoms with Gasteiger partial charge in [-0.25, -0.2) is 20.0 Å². The summed E-state index contributed by atoms with van der Waals surface area (Å²) >= 11 is 0. The number of urea groups is 1. The lowest BCUT2D eigenvalue weighted by atomic mass is 9.76. The van der Waals surface area contributed by atoms with Crippen molar-refractivity contribution < 1.29 is 19.1 Å². The Balaban J connectivity index is 2.71. The van der Waals surface area contributed by atoms with Crippen molar-refractivity contribution in [2.45, 2.75) is 19.3 Å². The fourth-order valence-electron chi connectivity index (χ4n) is 2.68. The van der Waals surface area contributed by atoms with E-state index in [1.54, 1.807) is 37.3 Å². The first-order chi connectivity index (χ1) is 11.4. The number of carbonyl (C=O) groups is 3. The van der Waals surface area contributed by atoms with Crippen molar-refractivity contribution >= 4 is 17.9 Å². The van der Waals surface area contributed by atoms with E-state index >= 15 is 0 Å². The number of nitriles is 1. The Morgan fingerprint density at radius 2 is 2.00 bits per heavy atom. The van der Waals surface area contributed by atoms with Crippen LogP contribution < -0.4 is 11.2 Å². The average Bonchev–Trinajstić information content (AvgIpc) is 2.77. The van der Waals surface area contributed by atoms with Crippen LogP contribution in [-0.4, -0.2) is 29.5 Å². The van der Waals surface area contributed by atoms with Gasteiger partial charge in [0, 0.05) is 0 Å². The molecule has 0 aliphatic carbocycles. The molecule has 0 aromatic heterocycles. The van der Waals surface area contributed by atoms with Gasteiger partial charge in [0.2, 0.25) is 0 Å². The molecule has 2 rings (SSSR count). The van der Waals surface area contributed by atoms with Crippen molar-refractivity contribution in [2.75, 3.05) is 6.61 Å². The van der Waals surface area contributed by atoms with Crippen LogP contribution in [0.15, 0.2) is 41.6 Å². The van der Waals surface area contributed by atoms with Crippen LogP contribution in [-0.2, 0) is 19.7 Å². The molecule has 0 radical (unpaired) electrons. The molecule has 1 aliphatic rings. The van der Waals surface area contributed by atoms with Gasteiger partial charge in [0.1, 0.15) is 0 Å². The standard InChI is InChI=1S/C16H16N4O4/c1-3-24-13(21)12-10(2)20(19-15(18)23)14(22)16(12,9-17)11-7-5-4-6-8-11/h4-8H,3H2,1-2H3,(H3,18,19,23). The second-order valence-corrected chi connectivity index (χ2v) is 5.03. The fraction of sp³-hybridized carbons (Fsp3) is 0.250. The van der Waals surface area contributed by atoms with Crippen LogP contribution in [0, 0.1) is 11.3 Å². The normalized spacial score (nSPS) is 19.9. The monoisotopic (exact) mass is 328 g/mol. The lowest BCUT2D eigenvalue weighted by Crippen LogP contribution is -2.50. The van der Waals surface area contributed by atoms with Gasteiger partial charge in [-0.15, -0.1) is 0 Å². The highest BCUT2D eigenvalue weighted by atomic mass is 16.5. The van der Waals surface area contributed by atoms with E-state index in [9.17, 15) is 19.6 Å². The van der Waals surface area contributed by atoms with Crippen molar-refractivity contribution in [3.63, 3.8) is 0 Å². The predicted octanol–water partition coefficient (Wildman–Crippen LogP) is 0.711. The molecule has 0 saturated heterocycles. The van der Waals surface area contributed by atoms with Gasteiger partial charge >= 0.3 is 12.0 Å². The topological polar surface area (TPSA) is 126 Å². The van der Waals surface area contributed by atoms with E-state index in [-0.39, 0.29) is 17.9 Å². The number of allylic oxidation sites excluding steroid dienone is 1. The maximum atomic E-state index is 12.9. The molecule has 0 saturated carbocycles. The molecule has 24 heavy (non-hydrogen) atoms. The smallest absolute Gasteiger partial charge is 0.338 e. The van der Waals surface area contributed by atoms with Crippen LogP contribution >= 0.6 is 0 Å². The summed E-state index contributed by atoms with van der Waals surface area (Å²) in [5, 5.41) is 10.6. The average molecular weight is 328 g/mol. The molecule has 0 fully saturated rings. The Morgan fingerprint density at radius 3 is 2.50 bits per heavy atom. The minimum atomic E-state index is -1.92. The third-order valence-corrected chi connectivity index (χ3v) is 3.67. The molecule has 0 spiro atoms. The number of esters is 1. The molecule has 1 unspecified atom stereocenters. The highest BCUT2D eigenvalue weighted by molar-refractivity contribution is 6.11. The summed E-state index contributed by atoms with van der Waals surface area (Å²) in [6.07, 6.45) is 0. The summed E-state index contributed by atoms with van der Waals surface area (Å²) in [4.78, 5) is 36.5. The Bertz CT molecular complexity index is 766. The number of ether oxygens (including phenoxy) is 1. The molecule has 3 N–H and O–H groups in total.